The summed E-state index contributed by atoms with van der Waals surface area (Å²) in [6, 6.07) is 5.54. The number of benzene rings is 1. The first-order valence-electron chi connectivity index (χ1n) is 7.00. The second-order valence-corrected chi connectivity index (χ2v) is 4.52. The third-order valence-corrected chi connectivity index (χ3v) is 2.95. The first-order valence-corrected chi connectivity index (χ1v) is 7.00. The molecule has 0 radical (unpaired) electrons. The molecule has 0 atom stereocenters. The maximum absolute atomic E-state index is 5.85. The minimum absolute atomic E-state index is 0. The van der Waals surface area contributed by atoms with Crippen molar-refractivity contribution in [2.24, 2.45) is 10.7 Å². The number of nitrogens with zero attached hydrogens (tertiary/aromatic N) is 1. The van der Waals surface area contributed by atoms with E-state index in [1.54, 1.807) is 14.2 Å². The first-order chi connectivity index (χ1) is 9.71. The van der Waals surface area contributed by atoms with E-state index in [0.717, 1.165) is 18.7 Å². The van der Waals surface area contributed by atoms with Crippen molar-refractivity contribution < 1.29 is 9.47 Å². The Morgan fingerprint density at radius 3 is 2.48 bits per heavy atom. The van der Waals surface area contributed by atoms with E-state index in [1.807, 2.05) is 18.2 Å². The van der Waals surface area contributed by atoms with E-state index in [2.05, 4.69) is 17.2 Å². The zero-order valence-electron chi connectivity index (χ0n) is 13.0. The van der Waals surface area contributed by atoms with E-state index in [4.69, 9.17) is 15.2 Å². The number of methoxy groups -OCH3 is 2. The zero-order valence-corrected chi connectivity index (χ0v) is 15.3. The highest BCUT2D eigenvalue weighted by molar-refractivity contribution is 14.0. The third-order valence-electron chi connectivity index (χ3n) is 2.95. The summed E-state index contributed by atoms with van der Waals surface area (Å²) >= 11 is 0. The molecule has 5 nitrogen and oxygen atoms in total. The molecule has 0 aliphatic rings. The van der Waals surface area contributed by atoms with Crippen LogP contribution in [0.2, 0.25) is 0 Å². The number of hydrogen-bond donors (Lipinski definition) is 2. The van der Waals surface area contributed by atoms with E-state index in [9.17, 15) is 0 Å². The van der Waals surface area contributed by atoms with Crippen molar-refractivity contribution in [1.29, 1.82) is 0 Å². The Morgan fingerprint density at radius 2 is 1.86 bits per heavy atom. The largest absolute Gasteiger partial charge is 0.493 e. The van der Waals surface area contributed by atoms with Gasteiger partial charge in [-0.2, -0.15) is 0 Å². The fourth-order valence-corrected chi connectivity index (χ4v) is 1.84. The molecule has 3 N–H and O–H groups in total. The van der Waals surface area contributed by atoms with Gasteiger partial charge in [0.1, 0.15) is 0 Å². The van der Waals surface area contributed by atoms with Gasteiger partial charge in [-0.05, 0) is 18.6 Å². The molecule has 0 unspecified atom stereocenters. The van der Waals surface area contributed by atoms with E-state index < -0.39 is 0 Å². The van der Waals surface area contributed by atoms with Crippen LogP contribution in [-0.4, -0.2) is 26.7 Å². The van der Waals surface area contributed by atoms with E-state index in [-0.39, 0.29) is 24.0 Å². The summed E-state index contributed by atoms with van der Waals surface area (Å²) < 4.78 is 10.4. The Hall–Kier alpha value is -1.18. The van der Waals surface area contributed by atoms with Crippen LogP contribution >= 0.6 is 24.0 Å². The van der Waals surface area contributed by atoms with Gasteiger partial charge in [0.2, 0.25) is 0 Å². The van der Waals surface area contributed by atoms with Crippen molar-refractivity contribution in [2.45, 2.75) is 32.6 Å². The van der Waals surface area contributed by atoms with Crippen LogP contribution in [0, 0.1) is 0 Å². The summed E-state index contributed by atoms with van der Waals surface area (Å²) in [5.41, 5.74) is 6.68. The summed E-state index contributed by atoms with van der Waals surface area (Å²) in [5.74, 6) is 1.77. The lowest BCUT2D eigenvalue weighted by atomic mass is 10.2. The predicted octanol–water partition coefficient (Wildman–Crippen LogP) is 3.63. The maximum Gasteiger partial charge on any atom is 0.193 e. The molecular weight excluding hydrogens is 381 g/mol. The predicted molar refractivity (Wildman–Crippen MR) is 99.2 cm³/mol. The Morgan fingerprint density at radius 1 is 1.14 bits per heavy atom. The van der Waals surface area contributed by atoms with Crippen LogP contribution in [0.3, 0.4) is 0 Å². The lowest BCUT2D eigenvalue weighted by Gasteiger charge is -2.10. The molecule has 0 aliphatic heterocycles. The van der Waals surface area contributed by atoms with Gasteiger partial charge >= 0.3 is 0 Å². The quantitative estimate of drug-likeness (QED) is 0.299. The standard InChI is InChI=1S/C15H25N3O2.HI/c1-4-5-6-7-10-17-15(16)18-12-8-9-13(19-2)14(11-12)20-3;/h8-9,11H,4-7,10H2,1-3H3,(H3,16,17,18);1H. The number of aliphatic imine (C=N–C) groups is 1. The normalized spacial score (nSPS) is 10.7. The Kier molecular flexibility index (Phi) is 10.8. The van der Waals surface area contributed by atoms with Crippen LogP contribution in [-0.2, 0) is 0 Å². The molecule has 0 saturated heterocycles. The molecule has 21 heavy (non-hydrogen) atoms. The first kappa shape index (κ1) is 19.8. The molecule has 0 spiro atoms. The molecule has 0 amide bonds. The lowest BCUT2D eigenvalue weighted by Crippen LogP contribution is -2.22. The monoisotopic (exact) mass is 407 g/mol. The van der Waals surface area contributed by atoms with Crippen molar-refractivity contribution in [3.05, 3.63) is 18.2 Å². The minimum Gasteiger partial charge on any atom is -0.493 e. The summed E-state index contributed by atoms with van der Waals surface area (Å²) in [7, 11) is 3.21. The summed E-state index contributed by atoms with van der Waals surface area (Å²) in [6.07, 6.45) is 4.74. The topological polar surface area (TPSA) is 68.9 Å². The highest BCUT2D eigenvalue weighted by atomic mass is 127. The van der Waals surface area contributed by atoms with E-state index >= 15 is 0 Å². The molecule has 6 heteroatoms. The zero-order chi connectivity index (χ0) is 14.8. The highest BCUT2D eigenvalue weighted by Gasteiger charge is 2.04. The molecule has 1 aromatic rings. The van der Waals surface area contributed by atoms with Crippen molar-refractivity contribution in [3.63, 3.8) is 0 Å². The van der Waals surface area contributed by atoms with Crippen LogP contribution in [0.1, 0.15) is 32.6 Å². The van der Waals surface area contributed by atoms with Crippen molar-refractivity contribution in [3.8, 4) is 11.5 Å². The van der Waals surface area contributed by atoms with Crippen LogP contribution < -0.4 is 20.5 Å². The van der Waals surface area contributed by atoms with E-state index in [0.29, 0.717) is 17.5 Å². The van der Waals surface area contributed by atoms with Crippen molar-refractivity contribution in [1.82, 2.24) is 0 Å². The fraction of sp³-hybridized carbons (Fsp3) is 0.533. The molecule has 0 aliphatic carbocycles. The smallest absolute Gasteiger partial charge is 0.193 e. The molecular formula is C15H26IN3O2. The number of rotatable bonds is 8. The summed E-state index contributed by atoms with van der Waals surface area (Å²) in [5, 5.41) is 3.05. The Labute approximate surface area is 144 Å². The van der Waals surface area contributed by atoms with Gasteiger partial charge in [-0.25, -0.2) is 0 Å². The molecule has 0 fully saturated rings. The number of ether oxygens (including phenoxy) is 2. The maximum atomic E-state index is 5.85. The number of nitrogens with one attached hydrogen (secondary N) is 1. The highest BCUT2D eigenvalue weighted by Crippen LogP contribution is 2.29. The molecule has 120 valence electrons. The minimum atomic E-state index is 0. The van der Waals surface area contributed by atoms with Gasteiger partial charge in [-0.15, -0.1) is 24.0 Å². The second-order valence-electron chi connectivity index (χ2n) is 4.52. The molecule has 0 saturated carbocycles. The van der Waals surface area contributed by atoms with Crippen LogP contribution in [0.4, 0.5) is 5.69 Å². The van der Waals surface area contributed by atoms with Gasteiger partial charge in [0, 0.05) is 18.3 Å². The fourth-order valence-electron chi connectivity index (χ4n) is 1.84. The van der Waals surface area contributed by atoms with Gasteiger partial charge in [-0.1, -0.05) is 26.2 Å². The van der Waals surface area contributed by atoms with E-state index in [1.165, 1.54) is 19.3 Å². The molecule has 1 aromatic carbocycles. The number of nitrogens with two attached hydrogens (primary N) is 1. The van der Waals surface area contributed by atoms with Crippen LogP contribution in [0.15, 0.2) is 23.2 Å². The molecule has 0 bridgehead atoms. The SMILES string of the molecule is CCCCCCN=C(N)Nc1ccc(OC)c(OC)c1.I. The van der Waals surface area contributed by atoms with Gasteiger partial charge in [0.15, 0.2) is 17.5 Å². The van der Waals surface area contributed by atoms with Crippen molar-refractivity contribution >= 4 is 35.6 Å². The number of anilines is 1. The average molecular weight is 407 g/mol. The summed E-state index contributed by atoms with van der Waals surface area (Å²) in [6.45, 7) is 2.95. The third kappa shape index (κ3) is 7.40. The van der Waals surface area contributed by atoms with Gasteiger partial charge in [-0.3, -0.25) is 4.99 Å². The number of guanidine groups is 1. The lowest BCUT2D eigenvalue weighted by molar-refractivity contribution is 0.355. The van der Waals surface area contributed by atoms with Crippen molar-refractivity contribution in [2.75, 3.05) is 26.1 Å². The van der Waals surface area contributed by atoms with Gasteiger partial charge in [0.05, 0.1) is 14.2 Å². The Bertz CT molecular complexity index is 439. The summed E-state index contributed by atoms with van der Waals surface area (Å²) in [4.78, 5) is 4.30. The number of unbranched alkanes of at least 4 members (excludes halogenated alkanes) is 3. The second kappa shape index (κ2) is 11.5. The number of hydrogen-bond acceptors (Lipinski definition) is 3. The molecule has 0 heterocycles. The van der Waals surface area contributed by atoms with Crippen LogP contribution in [0.25, 0.3) is 0 Å². The molecule has 0 aromatic heterocycles. The Balaban J connectivity index is 0.00000400. The van der Waals surface area contributed by atoms with Crippen LogP contribution in [0.5, 0.6) is 11.5 Å². The van der Waals surface area contributed by atoms with Gasteiger partial charge < -0.3 is 20.5 Å². The average Bonchev–Trinajstić information content (AvgIpc) is 2.46. The van der Waals surface area contributed by atoms with Gasteiger partial charge in [0.25, 0.3) is 0 Å². The number of halogens is 1. The molecule has 1 rings (SSSR count).